The third kappa shape index (κ3) is 4.21. The quantitative estimate of drug-likeness (QED) is 0.801. The molecule has 0 saturated carbocycles. The highest BCUT2D eigenvalue weighted by atomic mass is 16.5. The summed E-state index contributed by atoms with van der Waals surface area (Å²) in [5, 5.41) is 2.12. The van der Waals surface area contributed by atoms with Gasteiger partial charge in [0.2, 0.25) is 0 Å². The van der Waals surface area contributed by atoms with Crippen LogP contribution in [0.2, 0.25) is 0 Å². The fourth-order valence-electron chi connectivity index (χ4n) is 3.72. The molecular formula is C23H27N3O2. The summed E-state index contributed by atoms with van der Waals surface area (Å²) in [6.07, 6.45) is 2.26. The third-order valence-electron chi connectivity index (χ3n) is 5.14. The largest absolute Gasteiger partial charge is 0.497 e. The summed E-state index contributed by atoms with van der Waals surface area (Å²) >= 11 is 0. The van der Waals surface area contributed by atoms with Crippen LogP contribution in [-0.4, -0.2) is 43.8 Å². The highest BCUT2D eigenvalue weighted by Crippen LogP contribution is 2.28. The number of likely N-dealkylation sites (N-methyl/N-ethyl adjacent to an activating group) is 1. The lowest BCUT2D eigenvalue weighted by Gasteiger charge is -2.31. The van der Waals surface area contributed by atoms with E-state index >= 15 is 0 Å². The number of methoxy groups -OCH3 is 1. The van der Waals surface area contributed by atoms with Crippen LogP contribution in [0.25, 0.3) is 0 Å². The lowest BCUT2D eigenvalue weighted by Crippen LogP contribution is -2.31. The predicted molar refractivity (Wildman–Crippen MR) is 110 cm³/mol. The molecule has 2 aliphatic rings. The number of rotatable bonds is 7. The first-order valence-corrected chi connectivity index (χ1v) is 9.63. The van der Waals surface area contributed by atoms with Crippen molar-refractivity contribution in [3.63, 3.8) is 0 Å². The zero-order chi connectivity index (χ0) is 19.3. The van der Waals surface area contributed by atoms with Crippen molar-refractivity contribution in [1.82, 2.24) is 15.3 Å². The average Bonchev–Trinajstić information content (AvgIpc) is 3.11. The van der Waals surface area contributed by atoms with Crippen molar-refractivity contribution in [2.45, 2.75) is 13.2 Å². The van der Waals surface area contributed by atoms with E-state index in [9.17, 15) is 0 Å². The Labute approximate surface area is 166 Å². The van der Waals surface area contributed by atoms with Gasteiger partial charge in [0.25, 0.3) is 0 Å². The SMILES string of the molecule is COc1cccc(CN2CC=C3NN(C)CC3=C2COCc2ccccc2)c1. The maximum atomic E-state index is 6.12. The fourth-order valence-corrected chi connectivity index (χ4v) is 3.72. The van der Waals surface area contributed by atoms with Crippen molar-refractivity contribution < 1.29 is 9.47 Å². The molecule has 0 unspecified atom stereocenters. The second-order valence-electron chi connectivity index (χ2n) is 7.22. The number of hydrogen-bond acceptors (Lipinski definition) is 5. The zero-order valence-electron chi connectivity index (χ0n) is 16.5. The van der Waals surface area contributed by atoms with Gasteiger partial charge in [-0.25, -0.2) is 5.01 Å². The van der Waals surface area contributed by atoms with E-state index in [1.165, 1.54) is 28.1 Å². The molecule has 2 aromatic carbocycles. The second-order valence-corrected chi connectivity index (χ2v) is 7.22. The molecule has 0 aliphatic carbocycles. The van der Waals surface area contributed by atoms with Crippen LogP contribution in [0.15, 0.2) is 77.6 Å². The number of hydrogen-bond donors (Lipinski definition) is 1. The molecule has 146 valence electrons. The molecule has 2 aliphatic heterocycles. The van der Waals surface area contributed by atoms with Gasteiger partial charge in [0.05, 0.1) is 26.0 Å². The van der Waals surface area contributed by atoms with E-state index in [-0.39, 0.29) is 0 Å². The molecule has 0 amide bonds. The van der Waals surface area contributed by atoms with Crippen LogP contribution in [-0.2, 0) is 17.9 Å². The second kappa shape index (κ2) is 8.50. The Bertz CT molecular complexity index is 876. The number of nitrogens with zero attached hydrogens (tertiary/aromatic N) is 2. The van der Waals surface area contributed by atoms with Crippen molar-refractivity contribution in [2.75, 3.05) is 33.9 Å². The Hall–Kier alpha value is -2.76. The lowest BCUT2D eigenvalue weighted by molar-refractivity contribution is 0.120. The molecule has 5 heteroatoms. The highest BCUT2D eigenvalue weighted by molar-refractivity contribution is 5.41. The number of ether oxygens (including phenoxy) is 2. The molecule has 4 rings (SSSR count). The van der Waals surface area contributed by atoms with Crippen LogP contribution < -0.4 is 10.2 Å². The van der Waals surface area contributed by atoms with E-state index in [1.54, 1.807) is 7.11 Å². The molecular weight excluding hydrogens is 350 g/mol. The van der Waals surface area contributed by atoms with Crippen molar-refractivity contribution >= 4 is 0 Å². The number of benzene rings is 2. The molecule has 0 spiro atoms. The van der Waals surface area contributed by atoms with Crippen molar-refractivity contribution in [1.29, 1.82) is 0 Å². The van der Waals surface area contributed by atoms with Crippen LogP contribution in [0.5, 0.6) is 5.75 Å². The Kier molecular flexibility index (Phi) is 5.65. The summed E-state index contributed by atoms with van der Waals surface area (Å²) in [4.78, 5) is 2.40. The van der Waals surface area contributed by atoms with Gasteiger partial charge in [-0.05, 0) is 29.3 Å². The molecule has 1 N–H and O–H groups in total. The lowest BCUT2D eigenvalue weighted by atomic mass is 10.1. The fraction of sp³-hybridized carbons (Fsp3) is 0.304. The van der Waals surface area contributed by atoms with Crippen molar-refractivity contribution in [2.24, 2.45) is 0 Å². The molecule has 0 atom stereocenters. The number of hydrazine groups is 1. The molecule has 5 nitrogen and oxygen atoms in total. The van der Waals surface area contributed by atoms with Gasteiger partial charge in [0.1, 0.15) is 5.75 Å². The van der Waals surface area contributed by atoms with Crippen LogP contribution >= 0.6 is 0 Å². The topological polar surface area (TPSA) is 37.0 Å². The summed E-state index contributed by atoms with van der Waals surface area (Å²) in [5.74, 6) is 0.891. The Morgan fingerprint density at radius 1 is 1.00 bits per heavy atom. The monoisotopic (exact) mass is 377 g/mol. The molecule has 28 heavy (non-hydrogen) atoms. The minimum absolute atomic E-state index is 0.598. The molecule has 0 radical (unpaired) electrons. The van der Waals surface area contributed by atoms with Crippen molar-refractivity contribution in [3.8, 4) is 5.75 Å². The maximum absolute atomic E-state index is 6.12. The highest BCUT2D eigenvalue weighted by Gasteiger charge is 2.28. The van der Waals surface area contributed by atoms with E-state index < -0.39 is 0 Å². The first-order valence-electron chi connectivity index (χ1n) is 9.63. The van der Waals surface area contributed by atoms with Gasteiger partial charge in [-0.2, -0.15) is 0 Å². The summed E-state index contributed by atoms with van der Waals surface area (Å²) in [7, 11) is 3.78. The van der Waals surface area contributed by atoms with E-state index in [0.717, 1.165) is 25.4 Å². The molecule has 2 aromatic rings. The summed E-state index contributed by atoms with van der Waals surface area (Å²) in [6, 6.07) is 18.6. The van der Waals surface area contributed by atoms with Gasteiger partial charge in [0, 0.05) is 38.0 Å². The maximum Gasteiger partial charge on any atom is 0.119 e. The Balaban J connectivity index is 1.51. The minimum atomic E-state index is 0.598. The van der Waals surface area contributed by atoms with Gasteiger partial charge in [0.15, 0.2) is 0 Å². The van der Waals surface area contributed by atoms with E-state index in [2.05, 4.69) is 52.7 Å². The van der Waals surface area contributed by atoms with Gasteiger partial charge < -0.3 is 19.8 Å². The number of nitrogens with one attached hydrogen (secondary N) is 1. The summed E-state index contributed by atoms with van der Waals surface area (Å²) in [5.41, 5.74) is 9.65. The van der Waals surface area contributed by atoms with Crippen LogP contribution in [0.3, 0.4) is 0 Å². The van der Waals surface area contributed by atoms with Crippen LogP contribution in [0.1, 0.15) is 11.1 Å². The zero-order valence-corrected chi connectivity index (χ0v) is 16.5. The minimum Gasteiger partial charge on any atom is -0.497 e. The van der Waals surface area contributed by atoms with E-state index in [0.29, 0.717) is 13.2 Å². The van der Waals surface area contributed by atoms with E-state index in [1.807, 2.05) is 30.3 Å². The van der Waals surface area contributed by atoms with Crippen LogP contribution in [0, 0.1) is 0 Å². The predicted octanol–water partition coefficient (Wildman–Crippen LogP) is 3.32. The van der Waals surface area contributed by atoms with Gasteiger partial charge in [-0.3, -0.25) is 0 Å². The van der Waals surface area contributed by atoms with Crippen molar-refractivity contribution in [3.05, 3.63) is 88.8 Å². The van der Waals surface area contributed by atoms with Gasteiger partial charge in [-0.1, -0.05) is 42.5 Å². The standard InChI is InChI=1S/C23H27N3O2/c1-25-15-21-22(24-25)11-12-26(14-19-9-6-10-20(13-19)27-2)23(21)17-28-16-18-7-4-3-5-8-18/h3-11,13,24H,12,14-17H2,1-2H3. The Morgan fingerprint density at radius 3 is 2.64 bits per heavy atom. The molecule has 2 heterocycles. The smallest absolute Gasteiger partial charge is 0.119 e. The molecule has 0 bridgehead atoms. The summed E-state index contributed by atoms with van der Waals surface area (Å²) < 4.78 is 11.5. The van der Waals surface area contributed by atoms with Crippen LogP contribution in [0.4, 0.5) is 0 Å². The normalized spacial score (nSPS) is 16.6. The Morgan fingerprint density at radius 2 is 1.82 bits per heavy atom. The average molecular weight is 377 g/mol. The third-order valence-corrected chi connectivity index (χ3v) is 5.14. The van der Waals surface area contributed by atoms with E-state index in [4.69, 9.17) is 9.47 Å². The van der Waals surface area contributed by atoms with Gasteiger partial charge >= 0.3 is 0 Å². The van der Waals surface area contributed by atoms with Gasteiger partial charge in [-0.15, -0.1) is 0 Å². The molecule has 1 fully saturated rings. The first-order chi connectivity index (χ1) is 13.7. The summed E-state index contributed by atoms with van der Waals surface area (Å²) in [6.45, 7) is 3.79. The number of fused-ring (bicyclic) bond motifs is 1. The molecule has 1 saturated heterocycles. The molecule has 0 aromatic heterocycles. The first kappa shape index (κ1) is 18.6.